The van der Waals surface area contributed by atoms with Crippen molar-refractivity contribution in [2.45, 2.75) is 20.0 Å². The highest BCUT2D eigenvalue weighted by atomic mass is 16.6. The van der Waals surface area contributed by atoms with Crippen molar-refractivity contribution in [3.8, 4) is 17.6 Å². The Kier molecular flexibility index (Phi) is 6.75. The number of ether oxygens (including phenoxy) is 3. The average molecular weight is 353 g/mol. The molecule has 0 amide bonds. The fourth-order valence-corrected chi connectivity index (χ4v) is 2.07. The van der Waals surface area contributed by atoms with E-state index in [0.29, 0.717) is 22.6 Å². The molecule has 0 bridgehead atoms. The van der Waals surface area contributed by atoms with Gasteiger partial charge in [0.15, 0.2) is 11.9 Å². The molecule has 0 saturated carbocycles. The lowest BCUT2D eigenvalue weighted by Gasteiger charge is -2.14. The molecular formula is C20H19NO5. The van der Waals surface area contributed by atoms with Gasteiger partial charge in [0.1, 0.15) is 24.7 Å². The van der Waals surface area contributed by atoms with E-state index in [4.69, 9.17) is 19.5 Å². The molecule has 0 aliphatic carbocycles. The maximum absolute atomic E-state index is 11.9. The standard InChI is InChI=1S/C20H19NO5/c1-14(22)17-5-9-19(10-6-17)26-15(2)20(23)25-12-11-24-18-7-3-16(13-21)4-8-18/h3-10,15H,11-12H2,1-2H3/t15-/m1/s1. The van der Waals surface area contributed by atoms with Crippen LogP contribution in [0.2, 0.25) is 0 Å². The Labute approximate surface area is 151 Å². The quantitative estimate of drug-likeness (QED) is 0.412. The molecule has 134 valence electrons. The number of hydrogen-bond donors (Lipinski definition) is 0. The van der Waals surface area contributed by atoms with Gasteiger partial charge in [0.05, 0.1) is 11.6 Å². The molecule has 6 heteroatoms. The van der Waals surface area contributed by atoms with Crippen LogP contribution in [0.25, 0.3) is 0 Å². The molecule has 0 unspecified atom stereocenters. The molecule has 1 atom stereocenters. The number of carbonyl (C=O) groups is 2. The van der Waals surface area contributed by atoms with Crippen molar-refractivity contribution in [3.63, 3.8) is 0 Å². The predicted molar refractivity (Wildman–Crippen MR) is 94.1 cm³/mol. The van der Waals surface area contributed by atoms with Crippen LogP contribution in [0.5, 0.6) is 11.5 Å². The fourth-order valence-electron chi connectivity index (χ4n) is 2.07. The lowest BCUT2D eigenvalue weighted by atomic mass is 10.1. The van der Waals surface area contributed by atoms with Crippen LogP contribution in [0, 0.1) is 11.3 Å². The van der Waals surface area contributed by atoms with Crippen LogP contribution in [0.1, 0.15) is 29.8 Å². The van der Waals surface area contributed by atoms with Gasteiger partial charge in [-0.1, -0.05) is 0 Å². The third kappa shape index (κ3) is 5.64. The molecule has 0 aromatic heterocycles. The van der Waals surface area contributed by atoms with Crippen LogP contribution in [0.4, 0.5) is 0 Å². The molecule has 2 rings (SSSR count). The highest BCUT2D eigenvalue weighted by Gasteiger charge is 2.16. The average Bonchev–Trinajstić information content (AvgIpc) is 2.66. The second-order valence-electron chi connectivity index (χ2n) is 5.49. The Hall–Kier alpha value is -3.33. The Balaban J connectivity index is 1.72. The molecule has 0 saturated heterocycles. The minimum atomic E-state index is -0.784. The minimum absolute atomic E-state index is 0.0359. The number of hydrogen-bond acceptors (Lipinski definition) is 6. The van der Waals surface area contributed by atoms with Gasteiger partial charge in [0.2, 0.25) is 0 Å². The number of nitriles is 1. The largest absolute Gasteiger partial charge is 0.490 e. The monoisotopic (exact) mass is 353 g/mol. The summed E-state index contributed by atoms with van der Waals surface area (Å²) in [5.74, 6) is 0.526. The number of rotatable bonds is 8. The second kappa shape index (κ2) is 9.23. The zero-order valence-corrected chi connectivity index (χ0v) is 14.6. The number of nitrogens with zero attached hydrogens (tertiary/aromatic N) is 1. The van der Waals surface area contributed by atoms with E-state index in [1.165, 1.54) is 6.92 Å². The van der Waals surface area contributed by atoms with E-state index in [0.717, 1.165) is 0 Å². The summed E-state index contributed by atoms with van der Waals surface area (Å²) < 4.78 is 16.0. The van der Waals surface area contributed by atoms with Crippen LogP contribution < -0.4 is 9.47 Å². The van der Waals surface area contributed by atoms with Gasteiger partial charge in [-0.2, -0.15) is 5.26 Å². The summed E-state index contributed by atoms with van der Waals surface area (Å²) in [6.45, 7) is 3.34. The molecule has 2 aromatic rings. The van der Waals surface area contributed by atoms with Crippen molar-refractivity contribution in [2.75, 3.05) is 13.2 Å². The Morgan fingerprint density at radius 3 is 2.19 bits per heavy atom. The maximum atomic E-state index is 11.9. The van der Waals surface area contributed by atoms with Gasteiger partial charge >= 0.3 is 5.97 Å². The van der Waals surface area contributed by atoms with Crippen LogP contribution in [-0.4, -0.2) is 31.1 Å². The van der Waals surface area contributed by atoms with Crippen LogP contribution in [0.3, 0.4) is 0 Å². The first-order valence-electron chi connectivity index (χ1n) is 8.07. The number of ketones is 1. The van der Waals surface area contributed by atoms with Crippen molar-refractivity contribution in [1.82, 2.24) is 0 Å². The molecule has 0 fully saturated rings. The van der Waals surface area contributed by atoms with Gasteiger partial charge in [-0.15, -0.1) is 0 Å². The first-order valence-corrected chi connectivity index (χ1v) is 8.07. The molecule has 2 aromatic carbocycles. The van der Waals surface area contributed by atoms with Gasteiger partial charge in [-0.3, -0.25) is 4.79 Å². The maximum Gasteiger partial charge on any atom is 0.347 e. The van der Waals surface area contributed by atoms with E-state index in [-0.39, 0.29) is 19.0 Å². The van der Waals surface area contributed by atoms with Crippen LogP contribution >= 0.6 is 0 Å². The van der Waals surface area contributed by atoms with Crippen molar-refractivity contribution in [2.24, 2.45) is 0 Å². The lowest BCUT2D eigenvalue weighted by Crippen LogP contribution is -2.27. The third-order valence-electron chi connectivity index (χ3n) is 3.49. The van der Waals surface area contributed by atoms with Crippen molar-refractivity contribution < 1.29 is 23.8 Å². The van der Waals surface area contributed by atoms with Crippen LogP contribution in [0.15, 0.2) is 48.5 Å². The van der Waals surface area contributed by atoms with E-state index < -0.39 is 12.1 Å². The summed E-state index contributed by atoms with van der Waals surface area (Å²) in [7, 11) is 0. The SMILES string of the molecule is CC(=O)c1ccc(O[C@H](C)C(=O)OCCOc2ccc(C#N)cc2)cc1. The van der Waals surface area contributed by atoms with Crippen LogP contribution in [-0.2, 0) is 9.53 Å². The third-order valence-corrected chi connectivity index (χ3v) is 3.49. The predicted octanol–water partition coefficient (Wildman–Crippen LogP) is 3.15. The summed E-state index contributed by atoms with van der Waals surface area (Å²) in [5, 5.41) is 8.72. The van der Waals surface area contributed by atoms with E-state index in [9.17, 15) is 9.59 Å². The molecule has 0 heterocycles. The van der Waals surface area contributed by atoms with Crippen molar-refractivity contribution in [3.05, 3.63) is 59.7 Å². The number of carbonyl (C=O) groups excluding carboxylic acids is 2. The Bertz CT molecular complexity index is 790. The zero-order chi connectivity index (χ0) is 18.9. The summed E-state index contributed by atoms with van der Waals surface area (Å²) in [6, 6.07) is 15.2. The molecule has 0 aliphatic rings. The van der Waals surface area contributed by atoms with Gasteiger partial charge in [-0.05, 0) is 62.4 Å². The molecule has 0 radical (unpaired) electrons. The molecule has 0 aliphatic heterocycles. The highest BCUT2D eigenvalue weighted by molar-refractivity contribution is 5.94. The molecular weight excluding hydrogens is 334 g/mol. The summed E-state index contributed by atoms with van der Waals surface area (Å²) in [5.41, 5.74) is 1.12. The fraction of sp³-hybridized carbons (Fsp3) is 0.250. The van der Waals surface area contributed by atoms with Gasteiger partial charge < -0.3 is 14.2 Å². The lowest BCUT2D eigenvalue weighted by molar-refractivity contribution is -0.151. The second-order valence-corrected chi connectivity index (χ2v) is 5.49. The summed E-state index contributed by atoms with van der Waals surface area (Å²) in [6.07, 6.45) is -0.784. The Morgan fingerprint density at radius 1 is 1.00 bits per heavy atom. The Morgan fingerprint density at radius 2 is 1.62 bits per heavy atom. The van der Waals surface area contributed by atoms with E-state index >= 15 is 0 Å². The topological polar surface area (TPSA) is 85.6 Å². The van der Waals surface area contributed by atoms with Crippen molar-refractivity contribution >= 4 is 11.8 Å². The number of esters is 1. The number of benzene rings is 2. The summed E-state index contributed by atoms with van der Waals surface area (Å²) >= 11 is 0. The molecule has 0 spiro atoms. The minimum Gasteiger partial charge on any atom is -0.490 e. The molecule has 6 nitrogen and oxygen atoms in total. The first-order chi connectivity index (χ1) is 12.5. The normalized spacial score (nSPS) is 11.1. The molecule has 26 heavy (non-hydrogen) atoms. The summed E-state index contributed by atoms with van der Waals surface area (Å²) in [4.78, 5) is 23.2. The van der Waals surface area contributed by atoms with Gasteiger partial charge in [0.25, 0.3) is 0 Å². The van der Waals surface area contributed by atoms with E-state index in [2.05, 4.69) is 0 Å². The van der Waals surface area contributed by atoms with E-state index in [1.54, 1.807) is 55.5 Å². The van der Waals surface area contributed by atoms with E-state index in [1.807, 2.05) is 6.07 Å². The highest BCUT2D eigenvalue weighted by Crippen LogP contribution is 2.15. The van der Waals surface area contributed by atoms with Gasteiger partial charge in [-0.25, -0.2) is 4.79 Å². The smallest absolute Gasteiger partial charge is 0.347 e. The zero-order valence-electron chi connectivity index (χ0n) is 14.6. The van der Waals surface area contributed by atoms with Crippen molar-refractivity contribution in [1.29, 1.82) is 5.26 Å². The molecule has 0 N–H and O–H groups in total. The first kappa shape index (κ1) is 19.0. The number of Topliss-reactive ketones (excluding diaryl/α,β-unsaturated/α-hetero) is 1. The van der Waals surface area contributed by atoms with Gasteiger partial charge in [0, 0.05) is 5.56 Å².